The Morgan fingerprint density at radius 3 is 2.72 bits per heavy atom. The van der Waals surface area contributed by atoms with E-state index in [1.165, 1.54) is 67.0 Å². The summed E-state index contributed by atoms with van der Waals surface area (Å²) in [7, 11) is 0. The van der Waals surface area contributed by atoms with Crippen molar-refractivity contribution in [2.45, 2.75) is 84.3 Å². The lowest BCUT2D eigenvalue weighted by Crippen LogP contribution is -2.35. The number of ether oxygens (including phenoxy) is 1. The molecule has 0 N–H and O–H groups in total. The van der Waals surface area contributed by atoms with Crippen molar-refractivity contribution in [3.63, 3.8) is 0 Å². The molecule has 1 nitrogen and oxygen atoms in total. The maximum Gasteiger partial charge on any atom is 0.0723 e. The lowest BCUT2D eigenvalue weighted by atomic mass is 9.66. The minimum absolute atomic E-state index is 0.433. The molecule has 0 saturated heterocycles. The van der Waals surface area contributed by atoms with E-state index in [-0.39, 0.29) is 0 Å². The largest absolute Gasteiger partial charge is 0.373 e. The fourth-order valence-corrected chi connectivity index (χ4v) is 6.42. The van der Waals surface area contributed by atoms with Gasteiger partial charge in [0, 0.05) is 4.47 Å². The summed E-state index contributed by atoms with van der Waals surface area (Å²) >= 11 is 3.65. The Morgan fingerprint density at radius 1 is 1.08 bits per heavy atom. The molecule has 5 atom stereocenters. The molecule has 5 unspecified atom stereocenters. The van der Waals surface area contributed by atoms with Crippen LogP contribution >= 0.6 is 15.9 Å². The smallest absolute Gasteiger partial charge is 0.0723 e. The van der Waals surface area contributed by atoms with Crippen LogP contribution in [0.2, 0.25) is 0 Å². The quantitative estimate of drug-likeness (QED) is 0.486. The molecule has 2 aliphatic carbocycles. The molecule has 0 amide bonds. The molecule has 2 saturated carbocycles. The van der Waals surface area contributed by atoms with Gasteiger partial charge in [-0.1, -0.05) is 61.5 Å². The molecule has 1 aromatic rings. The van der Waals surface area contributed by atoms with Crippen LogP contribution in [0.3, 0.4) is 0 Å². The molecule has 2 fully saturated rings. The normalized spacial score (nSPS) is 39.0. The van der Waals surface area contributed by atoms with Gasteiger partial charge in [0.2, 0.25) is 0 Å². The first-order chi connectivity index (χ1) is 12.1. The number of rotatable bonds is 2. The van der Waals surface area contributed by atoms with Gasteiger partial charge in [-0.05, 0) is 78.5 Å². The molecule has 3 aliphatic rings. The van der Waals surface area contributed by atoms with Gasteiger partial charge in [-0.25, -0.2) is 0 Å². The van der Waals surface area contributed by atoms with E-state index in [0.29, 0.717) is 11.5 Å². The first-order valence-corrected chi connectivity index (χ1v) is 11.2. The fourth-order valence-electron chi connectivity index (χ4n) is 6.01. The number of halogens is 1. The third-order valence-corrected chi connectivity index (χ3v) is 8.44. The van der Waals surface area contributed by atoms with Gasteiger partial charge in [-0.15, -0.1) is 0 Å². The summed E-state index contributed by atoms with van der Waals surface area (Å²) in [6.45, 7) is 5.92. The maximum atomic E-state index is 6.39. The molecule has 1 aliphatic heterocycles. The van der Waals surface area contributed by atoms with Crippen LogP contribution in [0.25, 0.3) is 0 Å². The second-order valence-corrected chi connectivity index (χ2v) is 10.2. The Kier molecular flexibility index (Phi) is 5.30. The van der Waals surface area contributed by atoms with E-state index in [2.05, 4.69) is 48.0 Å². The van der Waals surface area contributed by atoms with Gasteiger partial charge in [0.1, 0.15) is 0 Å². The Hall–Kier alpha value is -0.340. The minimum Gasteiger partial charge on any atom is -0.373 e. The van der Waals surface area contributed by atoms with Crippen LogP contribution in [0, 0.1) is 23.2 Å². The van der Waals surface area contributed by atoms with E-state index >= 15 is 0 Å². The third kappa shape index (κ3) is 3.58. The maximum absolute atomic E-state index is 6.39. The van der Waals surface area contributed by atoms with E-state index in [0.717, 1.165) is 30.8 Å². The SMILES string of the molecule is CC1CCCC1(C)C1CCCCC(C2Cc3cc(Br)ccc3CO2)C1. The number of hydrogen-bond donors (Lipinski definition) is 0. The molecular weight excluding hydrogens is 372 g/mol. The summed E-state index contributed by atoms with van der Waals surface area (Å²) in [5, 5.41) is 0. The average Bonchev–Trinajstić information content (AvgIpc) is 2.82. The van der Waals surface area contributed by atoms with Gasteiger partial charge in [-0.2, -0.15) is 0 Å². The molecule has 0 aromatic heterocycles. The number of hydrogen-bond acceptors (Lipinski definition) is 1. The van der Waals surface area contributed by atoms with E-state index < -0.39 is 0 Å². The van der Waals surface area contributed by atoms with Crippen LogP contribution in [0.1, 0.15) is 76.3 Å². The van der Waals surface area contributed by atoms with Crippen molar-refractivity contribution in [2.75, 3.05) is 0 Å². The van der Waals surface area contributed by atoms with Crippen LogP contribution in [-0.2, 0) is 17.8 Å². The van der Waals surface area contributed by atoms with Crippen LogP contribution < -0.4 is 0 Å². The highest BCUT2D eigenvalue weighted by atomic mass is 79.9. The lowest BCUT2D eigenvalue weighted by molar-refractivity contribution is -0.0257. The van der Waals surface area contributed by atoms with E-state index in [4.69, 9.17) is 4.74 Å². The van der Waals surface area contributed by atoms with Crippen LogP contribution in [0.15, 0.2) is 22.7 Å². The Labute approximate surface area is 162 Å². The second-order valence-electron chi connectivity index (χ2n) is 9.24. The molecule has 4 rings (SSSR count). The van der Waals surface area contributed by atoms with Crippen molar-refractivity contribution in [1.82, 2.24) is 0 Å². The molecule has 138 valence electrons. The third-order valence-electron chi connectivity index (χ3n) is 7.94. The summed E-state index contributed by atoms with van der Waals surface area (Å²) in [6, 6.07) is 6.69. The van der Waals surface area contributed by atoms with E-state index in [1.54, 1.807) is 0 Å². The van der Waals surface area contributed by atoms with Gasteiger partial charge in [0.15, 0.2) is 0 Å². The Balaban J connectivity index is 1.50. The van der Waals surface area contributed by atoms with Gasteiger partial charge in [-0.3, -0.25) is 0 Å². The summed E-state index contributed by atoms with van der Waals surface area (Å²) < 4.78 is 7.60. The van der Waals surface area contributed by atoms with Gasteiger partial charge in [0.25, 0.3) is 0 Å². The van der Waals surface area contributed by atoms with Crippen LogP contribution in [0.4, 0.5) is 0 Å². The van der Waals surface area contributed by atoms with E-state index in [1.807, 2.05) is 0 Å². The highest BCUT2D eigenvalue weighted by molar-refractivity contribution is 9.10. The highest BCUT2D eigenvalue weighted by Gasteiger charge is 2.44. The van der Waals surface area contributed by atoms with Gasteiger partial charge in [0.05, 0.1) is 12.7 Å². The predicted octanol–water partition coefficient (Wildman–Crippen LogP) is 6.91. The Bertz CT molecular complexity index is 612. The van der Waals surface area contributed by atoms with Crippen molar-refractivity contribution in [1.29, 1.82) is 0 Å². The predicted molar refractivity (Wildman–Crippen MR) is 108 cm³/mol. The molecule has 0 radical (unpaired) electrons. The molecule has 1 aromatic carbocycles. The minimum atomic E-state index is 0.433. The van der Waals surface area contributed by atoms with Crippen molar-refractivity contribution in [3.8, 4) is 0 Å². The van der Waals surface area contributed by atoms with E-state index in [9.17, 15) is 0 Å². The second kappa shape index (κ2) is 7.35. The summed E-state index contributed by atoms with van der Waals surface area (Å²) in [4.78, 5) is 0. The van der Waals surface area contributed by atoms with Crippen LogP contribution in [0.5, 0.6) is 0 Å². The van der Waals surface area contributed by atoms with Crippen molar-refractivity contribution in [2.24, 2.45) is 23.2 Å². The van der Waals surface area contributed by atoms with Gasteiger partial charge < -0.3 is 4.74 Å². The monoisotopic (exact) mass is 404 g/mol. The van der Waals surface area contributed by atoms with Crippen molar-refractivity contribution in [3.05, 3.63) is 33.8 Å². The molecule has 1 heterocycles. The first kappa shape index (κ1) is 18.0. The molecule has 0 bridgehead atoms. The highest BCUT2D eigenvalue weighted by Crippen LogP contribution is 2.53. The van der Waals surface area contributed by atoms with Gasteiger partial charge >= 0.3 is 0 Å². The van der Waals surface area contributed by atoms with Crippen molar-refractivity contribution < 1.29 is 4.74 Å². The average molecular weight is 405 g/mol. The standard InChI is InChI=1S/C23H33BrO/c1-16-6-5-11-23(16,2)20-8-4-3-7-17(12-20)22-14-19-13-21(24)10-9-18(19)15-25-22/h9-10,13,16-17,20,22H,3-8,11-12,14-15H2,1-2H3. The van der Waals surface area contributed by atoms with Crippen molar-refractivity contribution >= 4 is 15.9 Å². The number of benzene rings is 1. The Morgan fingerprint density at radius 2 is 1.92 bits per heavy atom. The molecule has 0 spiro atoms. The summed E-state index contributed by atoms with van der Waals surface area (Å²) in [5.74, 6) is 2.56. The zero-order valence-electron chi connectivity index (χ0n) is 15.9. The first-order valence-electron chi connectivity index (χ1n) is 10.4. The summed E-state index contributed by atoms with van der Waals surface area (Å²) in [6.07, 6.45) is 12.9. The number of fused-ring (bicyclic) bond motifs is 1. The molecule has 25 heavy (non-hydrogen) atoms. The topological polar surface area (TPSA) is 9.23 Å². The zero-order chi connectivity index (χ0) is 17.4. The zero-order valence-corrected chi connectivity index (χ0v) is 17.5. The fraction of sp³-hybridized carbons (Fsp3) is 0.739. The van der Waals surface area contributed by atoms with Crippen LogP contribution in [-0.4, -0.2) is 6.10 Å². The molecule has 2 heteroatoms. The summed E-state index contributed by atoms with van der Waals surface area (Å²) in [5.41, 5.74) is 3.48. The lowest BCUT2D eigenvalue weighted by Gasteiger charge is -2.41. The molecular formula is C23H33BrO.